The molecule has 0 radical (unpaired) electrons. The SMILES string of the molecule is COc1cccc(/C=C2\SC(=O)N(CCOc3cc(C)ccc3C(C)C)C2=O)c1OCc1ccccc1Cl. The van der Waals surface area contributed by atoms with Crippen molar-refractivity contribution in [1.82, 2.24) is 4.90 Å². The standard InChI is InChI=1S/C30H30ClNO5S/c1-19(2)23-13-12-20(3)16-26(23)36-15-14-32-29(33)27(38-30(32)34)17-21-9-7-11-25(35-4)28(21)37-18-22-8-5-6-10-24(22)31/h5-13,16-17,19H,14-15,18H2,1-4H3/b27-17-. The molecule has 1 saturated heterocycles. The number of carbonyl (C=O) groups is 2. The number of carbonyl (C=O) groups excluding carboxylic acids is 2. The van der Waals surface area contributed by atoms with Gasteiger partial charge in [-0.1, -0.05) is 67.9 Å². The minimum Gasteiger partial charge on any atom is -0.493 e. The van der Waals surface area contributed by atoms with E-state index < -0.39 is 0 Å². The van der Waals surface area contributed by atoms with Crippen molar-refractivity contribution in [3.05, 3.63) is 92.8 Å². The second kappa shape index (κ2) is 12.4. The van der Waals surface area contributed by atoms with Crippen LogP contribution in [0.25, 0.3) is 6.08 Å². The number of aryl methyl sites for hydroxylation is 1. The first-order valence-electron chi connectivity index (χ1n) is 12.3. The molecule has 1 fully saturated rings. The van der Waals surface area contributed by atoms with E-state index in [1.54, 1.807) is 31.4 Å². The van der Waals surface area contributed by atoms with Crippen LogP contribution in [0.5, 0.6) is 17.2 Å². The minimum atomic E-state index is -0.364. The third-order valence-corrected chi connectivity index (χ3v) is 7.36. The van der Waals surface area contributed by atoms with Crippen molar-refractivity contribution in [1.29, 1.82) is 0 Å². The summed E-state index contributed by atoms with van der Waals surface area (Å²) in [5.74, 6) is 1.68. The van der Waals surface area contributed by atoms with E-state index in [0.717, 1.165) is 34.2 Å². The fourth-order valence-corrected chi connectivity index (χ4v) is 5.10. The quantitative estimate of drug-likeness (QED) is 0.243. The molecule has 0 saturated carbocycles. The molecule has 0 unspecified atom stereocenters. The minimum absolute atomic E-state index is 0.154. The van der Waals surface area contributed by atoms with E-state index in [-0.39, 0.29) is 30.9 Å². The first-order chi connectivity index (χ1) is 18.3. The van der Waals surface area contributed by atoms with Crippen LogP contribution >= 0.6 is 23.4 Å². The van der Waals surface area contributed by atoms with Crippen molar-refractivity contribution in [2.75, 3.05) is 20.3 Å². The number of imide groups is 1. The van der Waals surface area contributed by atoms with Gasteiger partial charge in [0.15, 0.2) is 11.5 Å². The molecule has 38 heavy (non-hydrogen) atoms. The number of ether oxygens (including phenoxy) is 3. The first-order valence-corrected chi connectivity index (χ1v) is 13.5. The fraction of sp³-hybridized carbons (Fsp3) is 0.267. The van der Waals surface area contributed by atoms with Crippen molar-refractivity contribution >= 4 is 40.6 Å². The van der Waals surface area contributed by atoms with E-state index in [2.05, 4.69) is 26.0 Å². The third kappa shape index (κ3) is 6.34. The van der Waals surface area contributed by atoms with Gasteiger partial charge >= 0.3 is 0 Å². The summed E-state index contributed by atoms with van der Waals surface area (Å²) in [6.07, 6.45) is 1.66. The van der Waals surface area contributed by atoms with Gasteiger partial charge < -0.3 is 14.2 Å². The molecule has 198 valence electrons. The summed E-state index contributed by atoms with van der Waals surface area (Å²) in [6, 6.07) is 18.9. The number of thioether (sulfide) groups is 1. The van der Waals surface area contributed by atoms with Crippen molar-refractivity contribution in [3.8, 4) is 17.2 Å². The highest BCUT2D eigenvalue weighted by Crippen LogP contribution is 2.38. The average Bonchev–Trinajstić information content (AvgIpc) is 3.15. The number of hydrogen-bond acceptors (Lipinski definition) is 6. The highest BCUT2D eigenvalue weighted by molar-refractivity contribution is 8.18. The summed E-state index contributed by atoms with van der Waals surface area (Å²) in [6.45, 7) is 6.79. The molecule has 0 N–H and O–H groups in total. The maximum absolute atomic E-state index is 13.2. The number of benzene rings is 3. The lowest BCUT2D eigenvalue weighted by molar-refractivity contribution is -0.123. The first kappa shape index (κ1) is 27.6. The van der Waals surface area contributed by atoms with Crippen LogP contribution < -0.4 is 14.2 Å². The van der Waals surface area contributed by atoms with E-state index in [4.69, 9.17) is 25.8 Å². The Bertz CT molecular complexity index is 1370. The second-order valence-corrected chi connectivity index (χ2v) is 10.5. The van der Waals surface area contributed by atoms with Gasteiger partial charge in [0, 0.05) is 16.1 Å². The molecule has 4 rings (SSSR count). The Hall–Kier alpha value is -3.42. The highest BCUT2D eigenvalue weighted by atomic mass is 35.5. The molecule has 0 aliphatic carbocycles. The molecule has 8 heteroatoms. The van der Waals surface area contributed by atoms with E-state index >= 15 is 0 Å². The zero-order valence-corrected chi connectivity index (χ0v) is 23.4. The van der Waals surface area contributed by atoms with Crippen LogP contribution in [-0.2, 0) is 11.4 Å². The van der Waals surface area contributed by atoms with Crippen LogP contribution in [0, 0.1) is 6.92 Å². The van der Waals surface area contributed by atoms with Crippen molar-refractivity contribution < 1.29 is 23.8 Å². The molecule has 2 amide bonds. The monoisotopic (exact) mass is 551 g/mol. The molecule has 0 aromatic heterocycles. The number of halogens is 1. The van der Waals surface area contributed by atoms with Crippen LogP contribution in [0.4, 0.5) is 4.79 Å². The van der Waals surface area contributed by atoms with Gasteiger partial charge in [0.25, 0.3) is 11.1 Å². The Labute approximate surface area is 232 Å². The van der Waals surface area contributed by atoms with Gasteiger partial charge in [-0.05, 0) is 60.0 Å². The van der Waals surface area contributed by atoms with Gasteiger partial charge in [0.05, 0.1) is 18.6 Å². The highest BCUT2D eigenvalue weighted by Gasteiger charge is 2.35. The van der Waals surface area contributed by atoms with E-state index in [1.807, 2.05) is 37.3 Å². The number of amides is 2. The molecular formula is C30H30ClNO5S. The van der Waals surface area contributed by atoms with Gasteiger partial charge in [-0.25, -0.2) is 0 Å². The lowest BCUT2D eigenvalue weighted by Gasteiger charge is -2.17. The molecule has 6 nitrogen and oxygen atoms in total. The normalized spacial score (nSPS) is 14.5. The van der Waals surface area contributed by atoms with Gasteiger partial charge in [0.1, 0.15) is 19.0 Å². The van der Waals surface area contributed by atoms with Crippen molar-refractivity contribution in [2.45, 2.75) is 33.3 Å². The molecule has 3 aromatic rings. The number of nitrogens with zero attached hydrogens (tertiary/aromatic N) is 1. The smallest absolute Gasteiger partial charge is 0.293 e. The maximum Gasteiger partial charge on any atom is 0.293 e. The summed E-state index contributed by atoms with van der Waals surface area (Å²) in [5, 5.41) is 0.262. The van der Waals surface area contributed by atoms with E-state index in [0.29, 0.717) is 32.9 Å². The third-order valence-electron chi connectivity index (χ3n) is 6.08. The van der Waals surface area contributed by atoms with Crippen LogP contribution in [0.2, 0.25) is 5.02 Å². The lowest BCUT2D eigenvalue weighted by atomic mass is 10.0. The molecule has 1 aliphatic rings. The van der Waals surface area contributed by atoms with Gasteiger partial charge in [-0.2, -0.15) is 0 Å². The number of rotatable bonds is 10. The molecule has 3 aromatic carbocycles. The largest absolute Gasteiger partial charge is 0.493 e. The van der Waals surface area contributed by atoms with Crippen LogP contribution in [0.15, 0.2) is 65.6 Å². The van der Waals surface area contributed by atoms with Gasteiger partial charge in [0.2, 0.25) is 0 Å². The van der Waals surface area contributed by atoms with Crippen LogP contribution in [-0.4, -0.2) is 36.3 Å². The van der Waals surface area contributed by atoms with Crippen LogP contribution in [0.1, 0.15) is 42.0 Å². The molecule has 1 aliphatic heterocycles. The Morgan fingerprint density at radius 3 is 2.53 bits per heavy atom. The number of hydrogen-bond donors (Lipinski definition) is 0. The topological polar surface area (TPSA) is 65.1 Å². The second-order valence-electron chi connectivity index (χ2n) is 9.14. The predicted octanol–water partition coefficient (Wildman–Crippen LogP) is 7.47. The van der Waals surface area contributed by atoms with E-state index in [9.17, 15) is 9.59 Å². The summed E-state index contributed by atoms with van der Waals surface area (Å²) in [7, 11) is 1.55. The van der Waals surface area contributed by atoms with Gasteiger partial charge in [-0.3, -0.25) is 14.5 Å². The number of para-hydroxylation sites is 1. The Morgan fingerprint density at radius 1 is 1.00 bits per heavy atom. The van der Waals surface area contributed by atoms with Crippen LogP contribution in [0.3, 0.4) is 0 Å². The van der Waals surface area contributed by atoms with Crippen molar-refractivity contribution in [3.63, 3.8) is 0 Å². The van der Waals surface area contributed by atoms with E-state index in [1.165, 1.54) is 4.90 Å². The molecular weight excluding hydrogens is 522 g/mol. The molecule has 1 heterocycles. The van der Waals surface area contributed by atoms with Crippen molar-refractivity contribution in [2.24, 2.45) is 0 Å². The molecule has 0 bridgehead atoms. The predicted molar refractivity (Wildman–Crippen MR) is 152 cm³/mol. The molecule has 0 spiro atoms. The Morgan fingerprint density at radius 2 is 1.79 bits per heavy atom. The van der Waals surface area contributed by atoms with Gasteiger partial charge in [-0.15, -0.1) is 0 Å². The zero-order valence-electron chi connectivity index (χ0n) is 21.8. The summed E-state index contributed by atoms with van der Waals surface area (Å²) in [4.78, 5) is 27.4. The molecule has 0 atom stereocenters. The average molecular weight is 552 g/mol. The summed E-state index contributed by atoms with van der Waals surface area (Å²) in [5.41, 5.74) is 3.62. The zero-order chi connectivity index (χ0) is 27.2. The Kier molecular flexibility index (Phi) is 9.02. The fourth-order valence-electron chi connectivity index (χ4n) is 4.05. The maximum atomic E-state index is 13.2. The number of methoxy groups -OCH3 is 1. The Balaban J connectivity index is 1.49. The lowest BCUT2D eigenvalue weighted by Crippen LogP contribution is -2.32. The summed E-state index contributed by atoms with van der Waals surface area (Å²) < 4.78 is 17.6. The summed E-state index contributed by atoms with van der Waals surface area (Å²) >= 11 is 7.18.